The Labute approximate surface area is 360 Å². The van der Waals surface area contributed by atoms with Crippen LogP contribution in [0.25, 0.3) is 0 Å². The molecule has 0 aromatic heterocycles. The van der Waals surface area contributed by atoms with Gasteiger partial charge in [0.1, 0.15) is 18.1 Å². The first kappa shape index (κ1) is 19.8. The molecule has 3 fully saturated rings. The van der Waals surface area contributed by atoms with E-state index in [9.17, 15) is 28.8 Å². The fourth-order valence-electron chi connectivity index (χ4n) is 5.91. The molecule has 0 spiro atoms. The van der Waals surface area contributed by atoms with Gasteiger partial charge in [0.05, 0.1) is 13.7 Å². The van der Waals surface area contributed by atoms with Crippen LogP contribution < -0.4 is 33.2 Å². The summed E-state index contributed by atoms with van der Waals surface area (Å²) in [5, 5.41) is 6.30. The highest BCUT2D eigenvalue weighted by molar-refractivity contribution is 6.04. The highest BCUT2D eigenvalue weighted by atomic mass is 16.2. The van der Waals surface area contributed by atoms with Crippen molar-refractivity contribution in [1.82, 2.24) is 30.7 Å². The topological polar surface area (TPSA) is 226 Å². The van der Waals surface area contributed by atoms with Gasteiger partial charge in [-0.05, 0) is 74.5 Å². The number of nitrogens with one attached hydrogen (secondary N) is 3. The van der Waals surface area contributed by atoms with Crippen molar-refractivity contribution in [3.05, 3.63) is 125 Å². The molecule has 15 heteroatoms. The Bertz CT molecular complexity index is 3350. The summed E-state index contributed by atoms with van der Waals surface area (Å²) in [6.07, 6.45) is -17.0. The molecule has 3 saturated heterocycles. The first-order valence-corrected chi connectivity index (χ1v) is 16.4. The first-order valence-electron chi connectivity index (χ1n) is 27.4. The minimum Gasteiger partial charge on any atom is -0.398 e. The molecule has 57 heavy (non-hydrogen) atoms. The molecule has 9 N–H and O–H groups in total. The van der Waals surface area contributed by atoms with Crippen molar-refractivity contribution in [2.45, 2.75) is 75.9 Å². The molecule has 3 aromatic carbocycles. The van der Waals surface area contributed by atoms with Gasteiger partial charge in [0.15, 0.2) is 0 Å². The number of nitrogen functional groups attached to an aromatic ring is 3. The quantitative estimate of drug-likeness (QED) is 0.214. The Morgan fingerprint density at radius 2 is 0.965 bits per heavy atom. The predicted octanol–water partition coefficient (Wildman–Crippen LogP) is 3.05. The van der Waals surface area contributed by atoms with E-state index in [0.29, 0.717) is 4.90 Å². The molecule has 3 aromatic rings. The molecule has 3 atom stereocenters. The van der Waals surface area contributed by atoms with Crippen LogP contribution in [0.2, 0.25) is 0 Å². The zero-order valence-corrected chi connectivity index (χ0v) is 29.3. The van der Waals surface area contributed by atoms with Crippen LogP contribution in [0, 0.1) is 0 Å². The standard InChI is InChI=1S/3C14H15N3O2/c3*1-8-5-6-12(13(18)16-8)17-7-10-9(14(17)19)3-2-4-11(10)15/h3*2-4,12H,1,5-7,15H2,(H,16,18)/i2D,3D,4D,5D2,6D2,7D2;2D,3D,4D,5D2,6D2;5D2,6D2,7D2. The second-order valence-electron chi connectivity index (χ2n) is 12.4. The van der Waals surface area contributed by atoms with Gasteiger partial charge in [0.25, 0.3) is 17.7 Å². The number of nitrogens with zero attached hydrogens (tertiary/aromatic N) is 3. The van der Waals surface area contributed by atoms with E-state index < -0.39 is 175 Å². The number of fused-ring (bicyclic) bond motifs is 3. The van der Waals surface area contributed by atoms with Gasteiger partial charge in [0, 0.05) is 104 Å². The summed E-state index contributed by atoms with van der Waals surface area (Å²) in [7, 11) is 0. The van der Waals surface area contributed by atoms with Gasteiger partial charge in [-0.1, -0.05) is 37.9 Å². The number of carbonyl (C=O) groups is 6. The largest absolute Gasteiger partial charge is 0.398 e. The number of hydrogen-bond acceptors (Lipinski definition) is 9. The van der Waals surface area contributed by atoms with Crippen LogP contribution in [-0.4, -0.2) is 68.3 Å². The smallest absolute Gasteiger partial charge is 0.255 e. The molecule has 6 aliphatic heterocycles. The average molecular weight is 794 g/mol. The lowest BCUT2D eigenvalue weighted by atomic mass is 10.0. The van der Waals surface area contributed by atoms with E-state index in [-0.39, 0.29) is 45.1 Å². The van der Waals surface area contributed by atoms with E-state index in [1.165, 1.54) is 18.2 Å². The third-order valence-electron chi connectivity index (χ3n) is 8.64. The molecule has 0 bridgehead atoms. The SMILES string of the molecule is [2H]C1([2H])c2c(N)cccc2C(=O)N1C1C(=O)NC(=C)C([2H])([2H])C1([2H])[2H].[2H]c1c([2H])c(N)c2c(c1[2H])C(=O)N(C1C(=O)NC(=C)C([2H])([2H])C1([2H])[2H])C2.[2H]c1c([2H])c(N)c2c(c1[2H])C(=O)N(C1C(=O)NC(=C)C([2H])([2H])C1([2H])[2H])C2([2H])[2H]. The first-order chi connectivity index (χ1) is 35.8. The minimum atomic E-state index is -3.08. The molecular formula is C42H45N9O6. The van der Waals surface area contributed by atoms with E-state index in [1.54, 1.807) is 0 Å². The maximum absolute atomic E-state index is 12.9. The van der Waals surface area contributed by atoms with Crippen LogP contribution >= 0.6 is 0 Å². The third kappa shape index (κ3) is 7.31. The van der Waals surface area contributed by atoms with Gasteiger partial charge in [0.2, 0.25) is 17.7 Å². The number of nitrogens with two attached hydrogens (primary N) is 3. The summed E-state index contributed by atoms with van der Waals surface area (Å²) in [5.74, 6) is -6.32. The van der Waals surface area contributed by atoms with Crippen molar-refractivity contribution in [2.75, 3.05) is 17.2 Å². The van der Waals surface area contributed by atoms with Crippen LogP contribution in [0.5, 0.6) is 0 Å². The highest BCUT2D eigenvalue weighted by Gasteiger charge is 2.41. The number of piperidine rings is 3. The zero-order valence-electron chi connectivity index (χ0n) is 51.3. The summed E-state index contributed by atoms with van der Waals surface area (Å²) in [4.78, 5) is 77.1. The molecule has 0 saturated carbocycles. The number of amides is 6. The highest BCUT2D eigenvalue weighted by Crippen LogP contribution is 2.34. The molecule has 0 aliphatic carbocycles. The fraction of sp³-hybridized carbons (Fsp3) is 0.286. The van der Waals surface area contributed by atoms with E-state index in [4.69, 9.17) is 47.4 Å². The van der Waals surface area contributed by atoms with Crippen molar-refractivity contribution in [3.63, 3.8) is 0 Å². The maximum Gasteiger partial charge on any atom is 0.255 e. The van der Waals surface area contributed by atoms with Crippen molar-refractivity contribution >= 4 is 52.5 Å². The summed E-state index contributed by atoms with van der Waals surface area (Å²) >= 11 is 0. The van der Waals surface area contributed by atoms with E-state index in [2.05, 4.69) is 30.4 Å². The summed E-state index contributed by atoms with van der Waals surface area (Å²) < 4.78 is 176. The van der Waals surface area contributed by atoms with Crippen LogP contribution in [0.15, 0.2) is 91.3 Å². The number of carbonyl (C=O) groups excluding carboxylic acids is 6. The number of rotatable bonds is 3. The Hall–Kier alpha value is -6.90. The zero-order chi connectivity index (χ0) is 60.3. The minimum absolute atomic E-state index is 0.0115. The number of anilines is 3. The van der Waals surface area contributed by atoms with Crippen LogP contribution in [0.1, 0.15) is 116 Å². The number of allylic oxidation sites excluding steroid dienone is 3. The van der Waals surface area contributed by atoms with Gasteiger partial charge < -0.3 is 47.9 Å². The van der Waals surface area contributed by atoms with Crippen molar-refractivity contribution in [1.29, 1.82) is 0 Å². The Morgan fingerprint density at radius 1 is 0.561 bits per heavy atom. The molecule has 294 valence electrons. The van der Waals surface area contributed by atoms with Crippen molar-refractivity contribution in [3.8, 4) is 0 Å². The predicted molar refractivity (Wildman–Crippen MR) is 213 cm³/mol. The lowest BCUT2D eigenvalue weighted by Gasteiger charge is -2.30. The van der Waals surface area contributed by atoms with E-state index in [0.717, 1.165) is 4.90 Å². The van der Waals surface area contributed by atoms with Gasteiger partial charge in [-0.25, -0.2) is 0 Å². The van der Waals surface area contributed by atoms with Crippen molar-refractivity contribution in [2.24, 2.45) is 0 Å². The van der Waals surface area contributed by atoms with Gasteiger partial charge >= 0.3 is 0 Å². The molecule has 3 unspecified atom stereocenters. The van der Waals surface area contributed by atoms with Crippen LogP contribution in [0.3, 0.4) is 0 Å². The van der Waals surface area contributed by atoms with Crippen LogP contribution in [0.4, 0.5) is 17.1 Å². The second-order valence-corrected chi connectivity index (χ2v) is 12.4. The monoisotopic (exact) mass is 793 g/mol. The molecule has 6 amide bonds. The lowest BCUT2D eigenvalue weighted by Crippen LogP contribution is -2.49. The van der Waals surface area contributed by atoms with E-state index >= 15 is 0 Å². The average Bonchev–Trinajstić information content (AvgIpc) is 3.62. The van der Waals surface area contributed by atoms with Crippen molar-refractivity contribution < 1.29 is 58.9 Å². The van der Waals surface area contributed by atoms with Gasteiger partial charge in [-0.15, -0.1) is 0 Å². The molecule has 15 nitrogen and oxygen atoms in total. The number of benzene rings is 3. The van der Waals surface area contributed by atoms with Gasteiger partial charge in [-0.3, -0.25) is 28.8 Å². The normalized spacial score (nSPS) is 35.1. The molecular weight excluding hydrogens is 727 g/mol. The Kier molecular flexibility index (Phi) is 5.32. The molecule has 0 radical (unpaired) electrons. The maximum atomic E-state index is 12.9. The van der Waals surface area contributed by atoms with Gasteiger partial charge in [-0.2, -0.15) is 0 Å². The Morgan fingerprint density at radius 3 is 1.46 bits per heavy atom. The third-order valence-corrected chi connectivity index (χ3v) is 8.64. The molecule has 6 heterocycles. The summed E-state index contributed by atoms with van der Waals surface area (Å²) in [6.45, 7) is 4.05. The Balaban J connectivity index is 0.000000172. The fourth-order valence-corrected chi connectivity index (χ4v) is 5.91. The second kappa shape index (κ2) is 15.3. The number of hydrogen-bond donors (Lipinski definition) is 6. The molecule has 6 aliphatic rings. The summed E-state index contributed by atoms with van der Waals surface area (Å²) in [6, 6.07) is -5.64. The van der Waals surface area contributed by atoms with Crippen LogP contribution in [-0.2, 0) is 33.9 Å². The van der Waals surface area contributed by atoms with E-state index in [1.807, 2.05) is 5.32 Å². The molecule has 9 rings (SSSR count). The lowest BCUT2D eigenvalue weighted by molar-refractivity contribution is -0.127. The summed E-state index contributed by atoms with van der Waals surface area (Å²) in [5.41, 5.74) is 13.3.